The van der Waals surface area contributed by atoms with E-state index >= 15 is 0 Å². The van der Waals surface area contributed by atoms with Crippen LogP contribution in [0.15, 0.2) is 54.9 Å². The monoisotopic (exact) mass is 418 g/mol. The fraction of sp³-hybridized carbons (Fsp3) is 0.333. The average molecular weight is 418 g/mol. The third-order valence-corrected chi connectivity index (χ3v) is 5.56. The van der Waals surface area contributed by atoms with Crippen molar-refractivity contribution in [1.29, 1.82) is 5.26 Å². The van der Waals surface area contributed by atoms with E-state index in [1.807, 2.05) is 48.3 Å². The number of nitrogens with zero attached hydrogens (tertiary/aromatic N) is 2. The lowest BCUT2D eigenvalue weighted by atomic mass is 10.00. The Bertz CT molecular complexity index is 1000. The summed E-state index contributed by atoms with van der Waals surface area (Å²) in [4.78, 5) is 14.4. The molecule has 1 fully saturated rings. The summed E-state index contributed by atoms with van der Waals surface area (Å²) in [6.45, 7) is 5.73. The van der Waals surface area contributed by atoms with Gasteiger partial charge in [0, 0.05) is 26.6 Å². The second kappa shape index (κ2) is 9.21. The predicted molar refractivity (Wildman–Crippen MR) is 119 cm³/mol. The van der Waals surface area contributed by atoms with Crippen LogP contribution >= 0.6 is 0 Å². The van der Waals surface area contributed by atoms with E-state index in [1.165, 1.54) is 0 Å². The van der Waals surface area contributed by atoms with Crippen LogP contribution in [0.4, 0.5) is 5.69 Å². The van der Waals surface area contributed by atoms with Crippen molar-refractivity contribution in [2.24, 2.45) is 0 Å². The van der Waals surface area contributed by atoms with Crippen LogP contribution in [0.3, 0.4) is 0 Å². The van der Waals surface area contributed by atoms with Crippen molar-refractivity contribution in [3.8, 4) is 22.9 Å². The van der Waals surface area contributed by atoms with Gasteiger partial charge in [-0.05, 0) is 48.4 Å². The van der Waals surface area contributed by atoms with Crippen molar-refractivity contribution in [3.63, 3.8) is 0 Å². The highest BCUT2D eigenvalue weighted by molar-refractivity contribution is 5.81. The third kappa shape index (κ3) is 4.71. The van der Waals surface area contributed by atoms with Crippen LogP contribution in [-0.4, -0.2) is 44.8 Å². The zero-order valence-electron chi connectivity index (χ0n) is 17.6. The number of anilines is 1. The summed E-state index contributed by atoms with van der Waals surface area (Å²) in [6.07, 6.45) is 0.752. The van der Waals surface area contributed by atoms with Gasteiger partial charge in [-0.1, -0.05) is 30.3 Å². The van der Waals surface area contributed by atoms with Gasteiger partial charge in [-0.3, -0.25) is 4.79 Å². The topological polar surface area (TPSA) is 86.6 Å². The average Bonchev–Trinajstić information content (AvgIpc) is 2.96. The second-order valence-electron chi connectivity index (χ2n) is 7.75. The minimum absolute atomic E-state index is 0.247. The second-order valence-corrected chi connectivity index (χ2v) is 7.75. The Balaban J connectivity index is 1.40. The first-order valence-electron chi connectivity index (χ1n) is 10.4. The molecule has 0 unspecified atom stereocenters. The maximum Gasteiger partial charge on any atom is 0.251 e. The molecule has 1 saturated heterocycles. The molecular weight excluding hydrogens is 392 g/mol. The molecule has 1 amide bonds. The van der Waals surface area contributed by atoms with Crippen molar-refractivity contribution in [2.75, 3.05) is 31.6 Å². The Morgan fingerprint density at radius 1 is 1.32 bits per heavy atom. The number of benzene rings is 2. The Morgan fingerprint density at radius 2 is 2.10 bits per heavy atom. The van der Waals surface area contributed by atoms with Gasteiger partial charge in [0.15, 0.2) is 11.6 Å². The van der Waals surface area contributed by atoms with Gasteiger partial charge >= 0.3 is 0 Å². The maximum atomic E-state index is 12.4. The molecule has 7 heteroatoms. The largest absolute Gasteiger partial charge is 0.439 e. The number of hydrogen-bond donors (Lipinski definition) is 2. The molecule has 2 atom stereocenters. The number of nitriles is 1. The fourth-order valence-electron chi connectivity index (χ4n) is 3.72. The summed E-state index contributed by atoms with van der Waals surface area (Å²) in [7, 11) is 1.92. The summed E-state index contributed by atoms with van der Waals surface area (Å²) < 4.78 is 11.2. The Morgan fingerprint density at radius 3 is 2.87 bits per heavy atom. The molecule has 2 aromatic rings. The molecular formula is C24H26N4O3. The number of amides is 1. The van der Waals surface area contributed by atoms with E-state index in [0.29, 0.717) is 25.5 Å². The van der Waals surface area contributed by atoms with Gasteiger partial charge in [0.1, 0.15) is 12.1 Å². The van der Waals surface area contributed by atoms with E-state index in [1.54, 1.807) is 0 Å². The minimum atomic E-state index is -0.609. The maximum absolute atomic E-state index is 12.4. The Hall–Kier alpha value is -3.34. The van der Waals surface area contributed by atoms with Crippen molar-refractivity contribution in [3.05, 3.63) is 60.5 Å². The predicted octanol–water partition coefficient (Wildman–Crippen LogP) is 2.58. The van der Waals surface area contributed by atoms with Gasteiger partial charge in [0.05, 0.1) is 11.8 Å². The van der Waals surface area contributed by atoms with E-state index in [9.17, 15) is 10.1 Å². The molecule has 0 radical (unpaired) electrons. The Labute approximate surface area is 182 Å². The lowest BCUT2D eigenvalue weighted by molar-refractivity contribution is -0.132. The van der Waals surface area contributed by atoms with Gasteiger partial charge in [-0.2, -0.15) is 5.26 Å². The highest BCUT2D eigenvalue weighted by atomic mass is 16.5. The number of carbonyl (C=O) groups is 1. The zero-order valence-corrected chi connectivity index (χ0v) is 17.6. The minimum Gasteiger partial charge on any atom is -0.439 e. The number of hydrogen-bond acceptors (Lipinski definition) is 6. The van der Waals surface area contributed by atoms with Crippen LogP contribution in [0, 0.1) is 11.3 Å². The van der Waals surface area contributed by atoms with Crippen LogP contribution in [-0.2, 0) is 16.0 Å². The summed E-state index contributed by atoms with van der Waals surface area (Å²) in [6, 6.07) is 15.6. The normalized spacial score (nSPS) is 19.0. The molecule has 2 N–H and O–H groups in total. The summed E-state index contributed by atoms with van der Waals surface area (Å²) >= 11 is 0. The van der Waals surface area contributed by atoms with E-state index in [-0.39, 0.29) is 5.91 Å². The number of rotatable bonds is 5. The number of nitrogens with one attached hydrogen (secondary N) is 2. The van der Waals surface area contributed by atoms with Crippen LogP contribution < -0.4 is 20.3 Å². The number of fused-ring (bicyclic) bond motifs is 1. The van der Waals surface area contributed by atoms with E-state index in [4.69, 9.17) is 9.47 Å². The van der Waals surface area contributed by atoms with Gasteiger partial charge < -0.3 is 25.0 Å². The first-order chi connectivity index (χ1) is 15.0. The lowest BCUT2D eigenvalue weighted by Crippen LogP contribution is -2.46. The summed E-state index contributed by atoms with van der Waals surface area (Å²) in [5.41, 5.74) is 4.09. The standard InChI is InChI=1S/C24H26N4O3/c1-16-28(2)21-13-19(8-9-22(21)31-16)18-6-4-17(5-7-18)12-20(14-25)27-24(29)23-15-26-10-3-11-30-23/h4-9,13,20,23,26H,1,3,10-12,15H2,2H3,(H,27,29)/t20-,23+/m0/s1. The van der Waals surface area contributed by atoms with Crippen LogP contribution in [0.2, 0.25) is 0 Å². The van der Waals surface area contributed by atoms with Crippen molar-refractivity contribution in [1.82, 2.24) is 10.6 Å². The van der Waals surface area contributed by atoms with Crippen molar-refractivity contribution >= 4 is 11.6 Å². The zero-order chi connectivity index (χ0) is 21.8. The molecule has 0 saturated carbocycles. The van der Waals surface area contributed by atoms with Gasteiger partial charge in [0.25, 0.3) is 5.91 Å². The van der Waals surface area contributed by atoms with Crippen LogP contribution in [0.1, 0.15) is 12.0 Å². The quantitative estimate of drug-likeness (QED) is 0.776. The lowest BCUT2D eigenvalue weighted by Gasteiger charge is -2.18. The van der Waals surface area contributed by atoms with E-state index < -0.39 is 12.1 Å². The van der Waals surface area contributed by atoms with Gasteiger partial charge in [0.2, 0.25) is 0 Å². The molecule has 0 aromatic heterocycles. The number of carbonyl (C=O) groups excluding carboxylic acids is 1. The first kappa shape index (κ1) is 20.9. The van der Waals surface area contributed by atoms with E-state index in [0.717, 1.165) is 41.1 Å². The van der Waals surface area contributed by atoms with Crippen LogP contribution in [0.5, 0.6) is 5.75 Å². The molecule has 4 rings (SSSR count). The third-order valence-electron chi connectivity index (χ3n) is 5.56. The summed E-state index contributed by atoms with van der Waals surface area (Å²) in [5.74, 6) is 1.16. The Kier molecular flexibility index (Phi) is 6.21. The molecule has 2 aliphatic heterocycles. The molecule has 0 spiro atoms. The van der Waals surface area contributed by atoms with Gasteiger partial charge in [-0.25, -0.2) is 0 Å². The molecule has 2 aromatic carbocycles. The SMILES string of the molecule is C=C1Oc2ccc(-c3ccc(C[C@@H](C#N)NC(=O)[C@H]4CNCCCO4)cc3)cc2N1C. The molecule has 2 heterocycles. The first-order valence-corrected chi connectivity index (χ1v) is 10.4. The van der Waals surface area contributed by atoms with Crippen molar-refractivity contribution in [2.45, 2.75) is 25.0 Å². The van der Waals surface area contributed by atoms with Crippen molar-refractivity contribution < 1.29 is 14.3 Å². The smallest absolute Gasteiger partial charge is 0.251 e. The fourth-order valence-corrected chi connectivity index (χ4v) is 3.72. The molecule has 31 heavy (non-hydrogen) atoms. The molecule has 0 bridgehead atoms. The van der Waals surface area contributed by atoms with Crippen LogP contribution in [0.25, 0.3) is 11.1 Å². The molecule has 7 nitrogen and oxygen atoms in total. The number of ether oxygens (including phenoxy) is 2. The van der Waals surface area contributed by atoms with E-state index in [2.05, 4.69) is 29.3 Å². The van der Waals surface area contributed by atoms with Gasteiger partial charge in [-0.15, -0.1) is 0 Å². The highest BCUT2D eigenvalue weighted by Crippen LogP contribution is 2.40. The summed E-state index contributed by atoms with van der Waals surface area (Å²) in [5, 5.41) is 15.5. The highest BCUT2D eigenvalue weighted by Gasteiger charge is 2.24. The molecule has 0 aliphatic carbocycles. The molecule has 160 valence electrons. The molecule has 2 aliphatic rings.